The molecule has 6 heteroatoms. The van der Waals surface area contributed by atoms with Gasteiger partial charge in [-0.15, -0.1) is 0 Å². The first-order valence-electron chi connectivity index (χ1n) is 10.1. The normalized spacial score (nSPS) is 12.7. The van der Waals surface area contributed by atoms with Gasteiger partial charge in [0.15, 0.2) is 11.5 Å². The lowest BCUT2D eigenvalue weighted by atomic mass is 10.1. The van der Waals surface area contributed by atoms with Crippen molar-refractivity contribution in [2.75, 3.05) is 6.79 Å². The van der Waals surface area contributed by atoms with Crippen LogP contribution in [0.4, 0.5) is 0 Å². The molecule has 0 aliphatic carbocycles. The Bertz CT molecular complexity index is 1150. The maximum Gasteiger partial charge on any atom is 0.262 e. The molecule has 6 nitrogen and oxygen atoms in total. The zero-order chi connectivity index (χ0) is 20.9. The van der Waals surface area contributed by atoms with Crippen LogP contribution in [0.25, 0.3) is 17.0 Å². The zero-order valence-corrected chi connectivity index (χ0v) is 16.9. The number of rotatable bonds is 7. The lowest BCUT2D eigenvalue weighted by Crippen LogP contribution is -2.23. The Morgan fingerprint density at radius 2 is 2.07 bits per heavy atom. The first kappa shape index (κ1) is 19.6. The number of benzene rings is 2. The van der Waals surface area contributed by atoms with Crippen molar-refractivity contribution in [3.8, 4) is 17.6 Å². The van der Waals surface area contributed by atoms with Crippen LogP contribution >= 0.6 is 0 Å². The Kier molecular flexibility index (Phi) is 5.71. The molecule has 3 aromatic rings. The van der Waals surface area contributed by atoms with Gasteiger partial charge in [-0.2, -0.15) is 5.26 Å². The molecule has 0 fully saturated rings. The quantitative estimate of drug-likeness (QED) is 0.470. The van der Waals surface area contributed by atoms with Gasteiger partial charge in [0.05, 0.1) is 0 Å². The van der Waals surface area contributed by atoms with Crippen LogP contribution in [-0.4, -0.2) is 17.3 Å². The summed E-state index contributed by atoms with van der Waals surface area (Å²) in [5, 5.41) is 13.4. The summed E-state index contributed by atoms with van der Waals surface area (Å²) in [7, 11) is 0. The Balaban J connectivity index is 1.53. The summed E-state index contributed by atoms with van der Waals surface area (Å²) in [5.74, 6) is 0.959. The maximum absolute atomic E-state index is 12.6. The van der Waals surface area contributed by atoms with Crippen molar-refractivity contribution in [2.45, 2.75) is 32.9 Å². The highest BCUT2D eigenvalue weighted by Crippen LogP contribution is 2.32. The fraction of sp³-hybridized carbons (Fsp3) is 0.250. The van der Waals surface area contributed by atoms with E-state index in [1.54, 1.807) is 6.08 Å². The van der Waals surface area contributed by atoms with Crippen molar-refractivity contribution >= 4 is 22.9 Å². The number of ether oxygens (including phenoxy) is 2. The molecule has 0 radical (unpaired) electrons. The molecule has 0 saturated carbocycles. The predicted octanol–water partition coefficient (Wildman–Crippen LogP) is 4.39. The van der Waals surface area contributed by atoms with Crippen LogP contribution in [0.3, 0.4) is 0 Å². The van der Waals surface area contributed by atoms with Crippen LogP contribution in [0.5, 0.6) is 11.5 Å². The van der Waals surface area contributed by atoms with Gasteiger partial charge in [0, 0.05) is 35.8 Å². The molecule has 1 amide bonds. The molecule has 1 N–H and O–H groups in total. The van der Waals surface area contributed by atoms with Crippen LogP contribution in [-0.2, 0) is 17.9 Å². The largest absolute Gasteiger partial charge is 0.454 e. The standard InChI is InChI=1S/C24H23N3O3/c1-2-3-10-27-15-19(20-6-4-5-7-21(20)27)12-18(13-25)24(28)26-14-17-8-9-22-23(11-17)30-16-29-22/h4-9,11-12,15H,2-3,10,14,16H2,1H3,(H,26,28)/b18-12-. The zero-order valence-electron chi connectivity index (χ0n) is 16.9. The molecule has 1 aliphatic rings. The molecule has 2 heterocycles. The molecule has 2 aromatic carbocycles. The summed E-state index contributed by atoms with van der Waals surface area (Å²) in [5.41, 5.74) is 2.93. The highest BCUT2D eigenvalue weighted by atomic mass is 16.7. The summed E-state index contributed by atoms with van der Waals surface area (Å²) in [6.07, 6.45) is 5.86. The molecular formula is C24H23N3O3. The van der Waals surface area contributed by atoms with Crippen molar-refractivity contribution < 1.29 is 14.3 Å². The predicted molar refractivity (Wildman–Crippen MR) is 115 cm³/mol. The van der Waals surface area contributed by atoms with E-state index in [9.17, 15) is 10.1 Å². The lowest BCUT2D eigenvalue weighted by molar-refractivity contribution is -0.117. The van der Waals surface area contributed by atoms with Crippen molar-refractivity contribution in [2.24, 2.45) is 0 Å². The molecule has 0 unspecified atom stereocenters. The van der Waals surface area contributed by atoms with E-state index in [4.69, 9.17) is 9.47 Å². The van der Waals surface area contributed by atoms with E-state index in [0.29, 0.717) is 18.0 Å². The minimum absolute atomic E-state index is 0.0779. The average molecular weight is 401 g/mol. The van der Waals surface area contributed by atoms with E-state index < -0.39 is 5.91 Å². The van der Waals surface area contributed by atoms with Gasteiger partial charge in [-0.25, -0.2) is 0 Å². The molecule has 1 aromatic heterocycles. The number of nitrogens with one attached hydrogen (secondary N) is 1. The lowest BCUT2D eigenvalue weighted by Gasteiger charge is -2.05. The van der Waals surface area contributed by atoms with Crippen LogP contribution < -0.4 is 14.8 Å². The van der Waals surface area contributed by atoms with Gasteiger partial charge < -0.3 is 19.4 Å². The molecule has 30 heavy (non-hydrogen) atoms. The minimum Gasteiger partial charge on any atom is -0.454 e. The molecule has 0 bridgehead atoms. The second-order valence-corrected chi connectivity index (χ2v) is 7.19. The highest BCUT2D eigenvalue weighted by molar-refractivity contribution is 6.04. The van der Waals surface area contributed by atoms with Gasteiger partial charge >= 0.3 is 0 Å². The number of hydrogen-bond donors (Lipinski definition) is 1. The van der Waals surface area contributed by atoms with E-state index in [1.165, 1.54) is 0 Å². The Labute approximate surface area is 175 Å². The first-order chi connectivity index (χ1) is 14.7. The molecule has 0 atom stereocenters. The molecule has 0 saturated heterocycles. The number of carbonyl (C=O) groups is 1. The fourth-order valence-electron chi connectivity index (χ4n) is 3.54. The number of nitrogens with zero attached hydrogens (tertiary/aromatic N) is 2. The summed E-state index contributed by atoms with van der Waals surface area (Å²) < 4.78 is 12.8. The Morgan fingerprint density at radius 1 is 1.23 bits per heavy atom. The summed E-state index contributed by atoms with van der Waals surface area (Å²) in [6.45, 7) is 3.57. The highest BCUT2D eigenvalue weighted by Gasteiger charge is 2.15. The number of amides is 1. The number of aromatic nitrogens is 1. The van der Waals surface area contributed by atoms with Crippen molar-refractivity contribution in [3.63, 3.8) is 0 Å². The third kappa shape index (κ3) is 4.01. The second-order valence-electron chi connectivity index (χ2n) is 7.19. The van der Waals surface area contributed by atoms with E-state index in [1.807, 2.05) is 48.7 Å². The van der Waals surface area contributed by atoms with Gasteiger partial charge in [0.25, 0.3) is 5.91 Å². The van der Waals surface area contributed by atoms with Crippen LogP contribution in [0.2, 0.25) is 0 Å². The summed E-state index contributed by atoms with van der Waals surface area (Å²) in [6, 6.07) is 15.6. The van der Waals surface area contributed by atoms with E-state index >= 15 is 0 Å². The topological polar surface area (TPSA) is 76.3 Å². The number of nitriles is 1. The maximum atomic E-state index is 12.6. The summed E-state index contributed by atoms with van der Waals surface area (Å²) in [4.78, 5) is 12.6. The van der Waals surface area contributed by atoms with E-state index in [0.717, 1.165) is 41.4 Å². The smallest absolute Gasteiger partial charge is 0.262 e. The summed E-state index contributed by atoms with van der Waals surface area (Å²) >= 11 is 0. The van der Waals surface area contributed by atoms with Gasteiger partial charge in [0.1, 0.15) is 11.6 Å². The number of hydrogen-bond acceptors (Lipinski definition) is 4. The van der Waals surface area contributed by atoms with Gasteiger partial charge in [-0.05, 0) is 36.3 Å². The third-order valence-corrected chi connectivity index (χ3v) is 5.13. The Hall–Kier alpha value is -3.72. The molecule has 1 aliphatic heterocycles. The SMILES string of the molecule is CCCCn1cc(/C=C(/C#N)C(=O)NCc2ccc3c(c2)OCO3)c2ccccc21. The van der Waals surface area contributed by atoms with Gasteiger partial charge in [-0.1, -0.05) is 37.6 Å². The van der Waals surface area contributed by atoms with Gasteiger partial charge in [0.2, 0.25) is 6.79 Å². The molecule has 0 spiro atoms. The first-order valence-corrected chi connectivity index (χ1v) is 10.1. The number of carbonyl (C=O) groups excluding carboxylic acids is 1. The van der Waals surface area contributed by atoms with Crippen molar-refractivity contribution in [3.05, 3.63) is 65.4 Å². The third-order valence-electron chi connectivity index (χ3n) is 5.13. The van der Waals surface area contributed by atoms with Crippen molar-refractivity contribution in [1.29, 1.82) is 5.26 Å². The number of fused-ring (bicyclic) bond motifs is 2. The minimum atomic E-state index is -0.402. The molecule has 152 valence electrons. The monoisotopic (exact) mass is 401 g/mol. The molecular weight excluding hydrogens is 378 g/mol. The van der Waals surface area contributed by atoms with Crippen LogP contribution in [0, 0.1) is 11.3 Å². The van der Waals surface area contributed by atoms with Crippen LogP contribution in [0.1, 0.15) is 30.9 Å². The van der Waals surface area contributed by atoms with E-state index in [-0.39, 0.29) is 12.4 Å². The fourth-order valence-corrected chi connectivity index (χ4v) is 3.54. The van der Waals surface area contributed by atoms with E-state index in [2.05, 4.69) is 22.9 Å². The number of unbranched alkanes of at least 4 members (excludes halogenated alkanes) is 1. The van der Waals surface area contributed by atoms with Gasteiger partial charge in [-0.3, -0.25) is 4.79 Å². The van der Waals surface area contributed by atoms with Crippen molar-refractivity contribution in [1.82, 2.24) is 9.88 Å². The number of para-hydroxylation sites is 1. The average Bonchev–Trinajstić information content (AvgIpc) is 3.38. The van der Waals surface area contributed by atoms with Crippen LogP contribution in [0.15, 0.2) is 54.2 Å². The number of aryl methyl sites for hydroxylation is 1. The second kappa shape index (κ2) is 8.75. The molecule has 4 rings (SSSR count). The Morgan fingerprint density at radius 3 is 2.90 bits per heavy atom.